The quantitative estimate of drug-likeness (QED) is 0.846. The summed E-state index contributed by atoms with van der Waals surface area (Å²) in [5, 5.41) is 5.30. The van der Waals surface area contributed by atoms with Crippen molar-refractivity contribution in [2.24, 2.45) is 0 Å². The Morgan fingerprint density at radius 1 is 1.39 bits per heavy atom. The van der Waals surface area contributed by atoms with Gasteiger partial charge in [-0.2, -0.15) is 5.10 Å². The second kappa shape index (κ2) is 7.25. The molecule has 5 nitrogen and oxygen atoms in total. The first-order valence-electron chi connectivity index (χ1n) is 8.33. The highest BCUT2D eigenvalue weighted by Crippen LogP contribution is 2.24. The number of aromatic nitrogens is 3. The van der Waals surface area contributed by atoms with Gasteiger partial charge in [0.05, 0.1) is 17.1 Å². The SMILES string of the molecule is Cc1nc(C)c(CC(=O)N2CCCCC2CCn2cccn2)s1. The van der Waals surface area contributed by atoms with Crippen LogP contribution in [0.5, 0.6) is 0 Å². The number of piperidine rings is 1. The van der Waals surface area contributed by atoms with Crippen molar-refractivity contribution in [1.82, 2.24) is 19.7 Å². The molecule has 3 rings (SSSR count). The van der Waals surface area contributed by atoms with E-state index in [9.17, 15) is 4.79 Å². The Labute approximate surface area is 141 Å². The summed E-state index contributed by atoms with van der Waals surface area (Å²) in [6.07, 6.45) is 8.70. The minimum absolute atomic E-state index is 0.252. The highest BCUT2D eigenvalue weighted by atomic mass is 32.1. The molecule has 0 bridgehead atoms. The van der Waals surface area contributed by atoms with E-state index in [1.807, 2.05) is 30.8 Å². The van der Waals surface area contributed by atoms with Crippen molar-refractivity contribution in [3.63, 3.8) is 0 Å². The molecule has 0 N–H and O–H groups in total. The van der Waals surface area contributed by atoms with Crippen molar-refractivity contribution in [3.8, 4) is 0 Å². The fraction of sp³-hybridized carbons (Fsp3) is 0.588. The Morgan fingerprint density at radius 2 is 2.26 bits per heavy atom. The molecule has 2 aromatic rings. The van der Waals surface area contributed by atoms with Crippen molar-refractivity contribution in [2.75, 3.05) is 6.54 Å². The smallest absolute Gasteiger partial charge is 0.228 e. The largest absolute Gasteiger partial charge is 0.339 e. The Kier molecular flexibility index (Phi) is 5.10. The minimum Gasteiger partial charge on any atom is -0.339 e. The van der Waals surface area contributed by atoms with Crippen molar-refractivity contribution in [2.45, 2.75) is 58.5 Å². The maximum Gasteiger partial charge on any atom is 0.228 e. The lowest BCUT2D eigenvalue weighted by atomic mass is 9.98. The first kappa shape index (κ1) is 16.2. The summed E-state index contributed by atoms with van der Waals surface area (Å²) in [4.78, 5) is 20.4. The summed E-state index contributed by atoms with van der Waals surface area (Å²) >= 11 is 1.65. The van der Waals surface area contributed by atoms with Crippen LogP contribution in [-0.4, -0.2) is 38.2 Å². The van der Waals surface area contributed by atoms with Crippen LogP contribution in [-0.2, 0) is 17.8 Å². The molecule has 0 radical (unpaired) electrons. The molecule has 0 aromatic carbocycles. The third-order valence-corrected chi connectivity index (χ3v) is 5.58. The summed E-state index contributed by atoms with van der Waals surface area (Å²) in [7, 11) is 0. The van der Waals surface area contributed by atoms with Crippen LogP contribution in [0.3, 0.4) is 0 Å². The number of aryl methyl sites for hydroxylation is 3. The van der Waals surface area contributed by atoms with Crippen LogP contribution < -0.4 is 0 Å². The van der Waals surface area contributed by atoms with E-state index in [0.29, 0.717) is 12.5 Å². The fourth-order valence-corrected chi connectivity index (χ4v) is 4.25. The molecule has 3 heterocycles. The molecule has 1 amide bonds. The van der Waals surface area contributed by atoms with Gasteiger partial charge in [0, 0.05) is 36.4 Å². The molecule has 0 spiro atoms. The topological polar surface area (TPSA) is 51.0 Å². The van der Waals surface area contributed by atoms with Gasteiger partial charge in [-0.25, -0.2) is 4.98 Å². The van der Waals surface area contributed by atoms with Gasteiger partial charge in [-0.15, -0.1) is 11.3 Å². The highest BCUT2D eigenvalue weighted by Gasteiger charge is 2.27. The Hall–Kier alpha value is -1.69. The third kappa shape index (κ3) is 3.99. The predicted molar refractivity (Wildman–Crippen MR) is 91.5 cm³/mol. The van der Waals surface area contributed by atoms with Gasteiger partial charge in [0.1, 0.15) is 0 Å². The van der Waals surface area contributed by atoms with Gasteiger partial charge >= 0.3 is 0 Å². The lowest BCUT2D eigenvalue weighted by molar-refractivity contribution is -0.134. The average Bonchev–Trinajstić information content (AvgIpc) is 3.15. The number of carbonyl (C=O) groups is 1. The number of likely N-dealkylation sites (tertiary alicyclic amines) is 1. The van der Waals surface area contributed by atoms with Crippen molar-refractivity contribution in [3.05, 3.63) is 34.0 Å². The summed E-state index contributed by atoms with van der Waals surface area (Å²) < 4.78 is 1.95. The first-order chi connectivity index (χ1) is 11.1. The van der Waals surface area contributed by atoms with Gasteiger partial charge in [-0.1, -0.05) is 0 Å². The standard InChI is InChI=1S/C17H24N4OS/c1-13-16(23-14(2)19-13)12-17(22)21-10-4-3-6-15(21)7-11-20-9-5-8-18-20/h5,8-9,15H,3-4,6-7,10-12H2,1-2H3. The van der Waals surface area contributed by atoms with Crippen LogP contribution in [0.15, 0.2) is 18.5 Å². The van der Waals surface area contributed by atoms with E-state index >= 15 is 0 Å². The predicted octanol–water partition coefficient (Wildman–Crippen LogP) is 2.97. The second-order valence-corrected chi connectivity index (χ2v) is 7.50. The molecule has 6 heteroatoms. The van der Waals surface area contributed by atoms with E-state index in [1.165, 1.54) is 6.42 Å². The molecule has 0 aliphatic carbocycles. The number of amides is 1. The number of hydrogen-bond donors (Lipinski definition) is 0. The number of nitrogens with zero attached hydrogens (tertiary/aromatic N) is 4. The van der Waals surface area contributed by atoms with Crippen LogP contribution in [0.25, 0.3) is 0 Å². The zero-order chi connectivity index (χ0) is 16.2. The van der Waals surface area contributed by atoms with Gasteiger partial charge in [0.25, 0.3) is 0 Å². The van der Waals surface area contributed by atoms with E-state index in [-0.39, 0.29) is 5.91 Å². The fourth-order valence-electron chi connectivity index (χ4n) is 3.32. The number of thiazole rings is 1. The number of carbonyl (C=O) groups excluding carboxylic acids is 1. The Morgan fingerprint density at radius 3 is 2.96 bits per heavy atom. The van der Waals surface area contributed by atoms with Gasteiger partial charge in [-0.05, 0) is 45.6 Å². The first-order valence-corrected chi connectivity index (χ1v) is 9.15. The molecule has 1 atom stereocenters. The molecule has 1 aliphatic heterocycles. The second-order valence-electron chi connectivity index (χ2n) is 6.21. The van der Waals surface area contributed by atoms with Gasteiger partial charge < -0.3 is 4.90 Å². The van der Waals surface area contributed by atoms with Crippen LogP contribution in [0.1, 0.15) is 41.3 Å². The van der Waals surface area contributed by atoms with E-state index in [2.05, 4.69) is 15.0 Å². The molecule has 1 fully saturated rings. The lowest BCUT2D eigenvalue weighted by Gasteiger charge is -2.36. The van der Waals surface area contributed by atoms with Crippen LogP contribution in [0.2, 0.25) is 0 Å². The molecular formula is C17H24N4OS. The monoisotopic (exact) mass is 332 g/mol. The summed E-state index contributed by atoms with van der Waals surface area (Å²) in [5.74, 6) is 0.252. The molecule has 1 unspecified atom stereocenters. The van der Waals surface area contributed by atoms with Crippen LogP contribution in [0.4, 0.5) is 0 Å². The summed E-state index contributed by atoms with van der Waals surface area (Å²) in [5.41, 5.74) is 1.01. The number of rotatable bonds is 5. The van der Waals surface area contributed by atoms with Crippen LogP contribution >= 0.6 is 11.3 Å². The number of hydrogen-bond acceptors (Lipinski definition) is 4. The average molecular weight is 332 g/mol. The van der Waals surface area contributed by atoms with E-state index in [1.54, 1.807) is 17.5 Å². The summed E-state index contributed by atoms with van der Waals surface area (Å²) in [6.45, 7) is 5.76. The molecule has 1 aliphatic rings. The van der Waals surface area contributed by atoms with Gasteiger partial charge in [0.2, 0.25) is 5.91 Å². The highest BCUT2D eigenvalue weighted by molar-refractivity contribution is 7.11. The molecule has 2 aromatic heterocycles. The van der Waals surface area contributed by atoms with Crippen LogP contribution in [0, 0.1) is 13.8 Å². The van der Waals surface area contributed by atoms with Gasteiger partial charge in [0.15, 0.2) is 0 Å². The van der Waals surface area contributed by atoms with E-state index in [0.717, 1.165) is 47.9 Å². The molecular weight excluding hydrogens is 308 g/mol. The van der Waals surface area contributed by atoms with Crippen molar-refractivity contribution in [1.29, 1.82) is 0 Å². The van der Waals surface area contributed by atoms with Gasteiger partial charge in [-0.3, -0.25) is 9.48 Å². The molecule has 1 saturated heterocycles. The molecule has 124 valence electrons. The Balaban J connectivity index is 1.63. The zero-order valence-electron chi connectivity index (χ0n) is 13.9. The Bertz CT molecular complexity index is 650. The lowest BCUT2D eigenvalue weighted by Crippen LogP contribution is -2.44. The third-order valence-electron chi connectivity index (χ3n) is 4.51. The maximum absolute atomic E-state index is 12.8. The van der Waals surface area contributed by atoms with Crippen molar-refractivity contribution < 1.29 is 4.79 Å². The van der Waals surface area contributed by atoms with E-state index in [4.69, 9.17) is 0 Å². The maximum atomic E-state index is 12.8. The normalized spacial score (nSPS) is 18.3. The summed E-state index contributed by atoms with van der Waals surface area (Å²) in [6, 6.07) is 2.29. The molecule has 23 heavy (non-hydrogen) atoms. The van der Waals surface area contributed by atoms with Crippen molar-refractivity contribution >= 4 is 17.2 Å². The zero-order valence-corrected chi connectivity index (χ0v) is 14.7. The minimum atomic E-state index is 0.252. The molecule has 0 saturated carbocycles. The van der Waals surface area contributed by atoms with E-state index < -0.39 is 0 Å².